The van der Waals surface area contributed by atoms with Gasteiger partial charge in [-0.25, -0.2) is 28.4 Å². The Labute approximate surface area is 494 Å². The van der Waals surface area contributed by atoms with Crippen LogP contribution in [0.3, 0.4) is 0 Å². The second kappa shape index (κ2) is 22.3. The van der Waals surface area contributed by atoms with Gasteiger partial charge in [0.15, 0.2) is 0 Å². The Morgan fingerprint density at radius 3 is 1.30 bits per heavy atom. The minimum Gasteiger partial charge on any atom is -0.481 e. The first kappa shape index (κ1) is 59.1. The minimum absolute atomic E-state index is 0.00146. The molecule has 12 N–H and O–H groups in total. The van der Waals surface area contributed by atoms with Gasteiger partial charge >= 0.3 is 23.5 Å². The molecule has 30 nitrogen and oxygen atoms in total. The smallest absolute Gasteiger partial charge is 0.448 e. The maximum absolute atomic E-state index is 13.5. The van der Waals surface area contributed by atoms with Crippen LogP contribution in [0.25, 0.3) is 11.6 Å². The summed E-state index contributed by atoms with van der Waals surface area (Å²) in [5.41, 5.74) is 7.54. The lowest BCUT2D eigenvalue weighted by Gasteiger charge is -2.54. The molecule has 4 aromatic carbocycles. The molecule has 0 radical (unpaired) electrons. The van der Waals surface area contributed by atoms with Crippen molar-refractivity contribution in [3.8, 4) is 0 Å². The molecule has 6 fully saturated rings. The standard InChI is InChI=1S/2C29H29N7O8/c1-14(28-5-8-29(9-6-28,10-7-28)25(41)42)32-23(39)17-12-18(36-26(34-17)35-44-27(36)43)24(40)31-13-15-3-2-4-16(11-15)33-20-19(30)21(37)22(20)38;1-14(28-5-8-29(9-6-28,10-7-28)25(41)42)32-24(40)18-12-17(34-26-35-44-27(43)36(18)26)23(39)31-13-15-3-2-4-16(11-15)33-20-19(30)21(37)22(20)38/h2-4,11-12,14,33H,5-10,13,30H2,1H3,(H,31,40)(H,32,39)(H,41,42);2-4,11-12,14,33H,5-10,13,30H2,1H3,(H,31,39)(H,32,40)(H,41,42). The zero-order valence-electron chi connectivity index (χ0n) is 47.3. The number of nitrogens with two attached hydrogens (primary N) is 2. The lowest BCUT2D eigenvalue weighted by Crippen LogP contribution is -2.54. The summed E-state index contributed by atoms with van der Waals surface area (Å²) in [5.74, 6) is -6.53. The second-order valence-electron chi connectivity index (χ2n) is 23.4. The van der Waals surface area contributed by atoms with Crippen LogP contribution in [0.15, 0.2) is 98.5 Å². The van der Waals surface area contributed by atoms with Crippen molar-refractivity contribution >= 4 is 81.2 Å². The number of carboxylic acids is 2. The van der Waals surface area contributed by atoms with Crippen molar-refractivity contribution in [2.24, 2.45) is 21.7 Å². The summed E-state index contributed by atoms with van der Waals surface area (Å²) in [6.07, 6.45) is 7.29. The molecule has 4 amide bonds. The number of hydrogen-bond donors (Lipinski definition) is 10. The summed E-state index contributed by atoms with van der Waals surface area (Å²) >= 11 is 0. The first-order valence-corrected chi connectivity index (χ1v) is 28.2. The van der Waals surface area contributed by atoms with E-state index in [-0.39, 0.29) is 93.1 Å². The molecule has 4 aromatic heterocycles. The number of aliphatic carboxylic acids is 2. The molecular weight excluding hydrogens is 1150 g/mol. The van der Waals surface area contributed by atoms with E-state index in [2.05, 4.69) is 52.2 Å². The van der Waals surface area contributed by atoms with Crippen molar-refractivity contribution in [2.75, 3.05) is 22.1 Å². The van der Waals surface area contributed by atoms with Gasteiger partial charge in [0, 0.05) is 36.5 Å². The Balaban J connectivity index is 0.000000182. The molecule has 0 aliphatic heterocycles. The van der Waals surface area contributed by atoms with Crippen LogP contribution in [0, 0.1) is 21.7 Å². The SMILES string of the molecule is CC(NC(=O)c1cc(C(=O)NCc2cccc(Nc3c(N)c(=O)c3=O)c2)n2c(=O)onc2n1)C12CCC(C(=O)O)(CC1)CC2.CC(NC(=O)c1cc(C(=O)NCc2cccc(Nc3c(N)c(=O)c3=O)c2)nc2noc(=O)n12)C12CCC(C(=O)O)(CC1)CC2. The summed E-state index contributed by atoms with van der Waals surface area (Å²) in [7, 11) is 0. The maximum atomic E-state index is 13.5. The number of carbonyl (C=O) groups excluding carboxylic acids is 4. The molecule has 6 saturated carbocycles. The highest BCUT2D eigenvalue weighted by Crippen LogP contribution is 2.59. The molecule has 8 aromatic rings. The molecule has 30 heteroatoms. The summed E-state index contributed by atoms with van der Waals surface area (Å²) in [6.45, 7) is 3.79. The van der Waals surface area contributed by atoms with Crippen molar-refractivity contribution in [2.45, 2.75) is 116 Å². The number of rotatable bonds is 18. The highest BCUT2D eigenvalue weighted by molar-refractivity contribution is 5.99. The fourth-order valence-electron chi connectivity index (χ4n) is 12.9. The average Bonchev–Trinajstić information content (AvgIpc) is 1.20. The van der Waals surface area contributed by atoms with E-state index in [4.69, 9.17) is 20.5 Å². The number of nitrogens with zero attached hydrogens (tertiary/aromatic N) is 6. The number of benzene rings is 2. The van der Waals surface area contributed by atoms with Gasteiger partial charge in [0.1, 0.15) is 45.5 Å². The summed E-state index contributed by atoms with van der Waals surface area (Å²) in [5, 5.41) is 43.5. The van der Waals surface area contributed by atoms with Crippen molar-refractivity contribution < 1.29 is 48.0 Å². The van der Waals surface area contributed by atoms with Crippen LogP contribution in [-0.4, -0.2) is 86.9 Å². The van der Waals surface area contributed by atoms with Crippen LogP contribution < -0.4 is 76.6 Å². The molecule has 4 bridgehead atoms. The van der Waals surface area contributed by atoms with Crippen molar-refractivity contribution in [3.63, 3.8) is 0 Å². The van der Waals surface area contributed by atoms with E-state index in [1.807, 2.05) is 13.8 Å². The van der Waals surface area contributed by atoms with Crippen LogP contribution in [0.1, 0.15) is 144 Å². The third-order valence-electron chi connectivity index (χ3n) is 18.8. The van der Waals surface area contributed by atoms with E-state index in [1.54, 1.807) is 48.5 Å². The third kappa shape index (κ3) is 10.5. The monoisotopic (exact) mass is 1210 g/mol. The van der Waals surface area contributed by atoms with Gasteiger partial charge in [-0.3, -0.25) is 57.0 Å². The number of nitrogen functional groups attached to an aromatic ring is 2. The lowest BCUT2D eigenvalue weighted by molar-refractivity contribution is -0.160. The Bertz CT molecular complexity index is 4450. The average molecular weight is 1210 g/mol. The Hall–Kier alpha value is -10.7. The number of anilines is 6. The third-order valence-corrected chi connectivity index (χ3v) is 18.8. The van der Waals surface area contributed by atoms with E-state index in [0.29, 0.717) is 99.6 Å². The van der Waals surface area contributed by atoms with Gasteiger partial charge in [-0.2, -0.15) is 0 Å². The minimum atomic E-state index is -0.958. The second-order valence-corrected chi connectivity index (χ2v) is 23.4. The molecule has 456 valence electrons. The number of nitrogens with one attached hydrogen (secondary N) is 6. The normalized spacial score (nSPS) is 21.7. The Kier molecular flexibility index (Phi) is 15.0. The molecule has 2 unspecified atom stereocenters. The van der Waals surface area contributed by atoms with Gasteiger partial charge in [-0.15, -0.1) is 0 Å². The van der Waals surface area contributed by atoms with Crippen LogP contribution in [0.4, 0.5) is 34.1 Å². The molecule has 6 aliphatic carbocycles. The molecule has 2 atom stereocenters. The molecule has 88 heavy (non-hydrogen) atoms. The van der Waals surface area contributed by atoms with E-state index < -0.39 is 79.6 Å². The topological polar surface area (TPSA) is 456 Å². The number of fused-ring (bicyclic) bond motifs is 8. The molecule has 14 rings (SSSR count). The predicted molar refractivity (Wildman–Crippen MR) is 311 cm³/mol. The highest BCUT2D eigenvalue weighted by atomic mass is 16.5. The number of amides is 4. The van der Waals surface area contributed by atoms with Gasteiger partial charge in [0.25, 0.3) is 56.9 Å². The quantitative estimate of drug-likeness (QED) is 0.0550. The first-order valence-electron chi connectivity index (χ1n) is 28.2. The van der Waals surface area contributed by atoms with Gasteiger partial charge < -0.3 is 53.6 Å². The fourth-order valence-corrected chi connectivity index (χ4v) is 12.9. The summed E-state index contributed by atoms with van der Waals surface area (Å²) < 4.78 is 11.2. The van der Waals surface area contributed by atoms with E-state index in [9.17, 15) is 67.7 Å². The zero-order chi connectivity index (χ0) is 62.8. The Morgan fingerprint density at radius 2 is 0.898 bits per heavy atom. The molecular formula is C58H58N14O16. The van der Waals surface area contributed by atoms with Crippen LogP contribution in [0.5, 0.6) is 0 Å². The molecule has 0 saturated heterocycles. The van der Waals surface area contributed by atoms with E-state index >= 15 is 0 Å². The van der Waals surface area contributed by atoms with Crippen LogP contribution in [-0.2, 0) is 22.7 Å². The molecule has 0 spiro atoms. The maximum Gasteiger partial charge on any atom is 0.448 e. The predicted octanol–water partition coefficient (Wildman–Crippen LogP) is 2.16. The van der Waals surface area contributed by atoms with E-state index in [1.165, 1.54) is 12.1 Å². The van der Waals surface area contributed by atoms with Crippen LogP contribution in [0.2, 0.25) is 0 Å². The molecule has 6 aliphatic rings. The highest BCUT2D eigenvalue weighted by Gasteiger charge is 2.56. The van der Waals surface area contributed by atoms with Gasteiger partial charge in [0.05, 0.1) is 10.8 Å². The van der Waals surface area contributed by atoms with Crippen molar-refractivity contribution in [1.29, 1.82) is 0 Å². The largest absolute Gasteiger partial charge is 0.481 e. The zero-order valence-corrected chi connectivity index (χ0v) is 47.3. The van der Waals surface area contributed by atoms with Crippen molar-refractivity contribution in [3.05, 3.63) is 157 Å². The van der Waals surface area contributed by atoms with Gasteiger partial charge in [0.2, 0.25) is 0 Å². The van der Waals surface area contributed by atoms with Gasteiger partial charge in [-0.05, 0) is 160 Å². The number of aromatic nitrogens is 6. The summed E-state index contributed by atoms with van der Waals surface area (Å²) in [4.78, 5) is 156. The lowest BCUT2D eigenvalue weighted by atomic mass is 9.52. The van der Waals surface area contributed by atoms with Crippen LogP contribution >= 0.6 is 0 Å². The van der Waals surface area contributed by atoms with Crippen molar-refractivity contribution in [1.82, 2.24) is 50.3 Å². The first-order chi connectivity index (χ1) is 41.9. The Morgan fingerprint density at radius 1 is 0.523 bits per heavy atom. The number of hydrogen-bond acceptors (Lipinski definition) is 22. The summed E-state index contributed by atoms with van der Waals surface area (Å²) in [6, 6.07) is 15.1. The fraction of sp³-hybridized carbons (Fsp3) is 0.379. The number of carboxylic acid groups (broad SMARTS) is 2. The number of carbonyl (C=O) groups is 6. The van der Waals surface area contributed by atoms with Gasteiger partial charge in [-0.1, -0.05) is 24.3 Å². The van der Waals surface area contributed by atoms with E-state index in [0.717, 1.165) is 8.80 Å². The molecule has 4 heterocycles.